The van der Waals surface area contributed by atoms with Gasteiger partial charge in [-0.05, 0) is 59.2 Å². The van der Waals surface area contributed by atoms with Crippen LogP contribution >= 0.6 is 11.6 Å². The number of amides is 1. The van der Waals surface area contributed by atoms with Crippen LogP contribution in [-0.4, -0.2) is 56.8 Å². The van der Waals surface area contributed by atoms with Gasteiger partial charge in [0.1, 0.15) is 22.7 Å². The summed E-state index contributed by atoms with van der Waals surface area (Å²) in [5.74, 6) is 0.545. The highest BCUT2D eigenvalue weighted by atomic mass is 35.5. The molecule has 0 aliphatic carbocycles. The topological polar surface area (TPSA) is 84.4 Å². The van der Waals surface area contributed by atoms with Crippen LogP contribution in [0.3, 0.4) is 0 Å². The number of piperazine rings is 1. The van der Waals surface area contributed by atoms with Crippen LogP contribution in [0.25, 0.3) is 34.1 Å². The number of carbonyl (C=O) groups is 1. The number of aromatic nitrogens is 4. The first-order chi connectivity index (χ1) is 20.4. The van der Waals surface area contributed by atoms with Gasteiger partial charge in [-0.25, -0.2) is 14.2 Å². The highest BCUT2D eigenvalue weighted by Gasteiger charge is 2.41. The van der Waals surface area contributed by atoms with E-state index in [0.717, 1.165) is 39.2 Å². The first-order valence-electron chi connectivity index (χ1n) is 14.5. The molecule has 2 atom stereocenters. The number of carbonyl (C=O) groups excluding carboxylic acids is 1. The summed E-state index contributed by atoms with van der Waals surface area (Å²) in [5, 5.41) is 1.28. The summed E-state index contributed by atoms with van der Waals surface area (Å²) in [5.41, 5.74) is 4.79. The molecule has 0 bridgehead atoms. The van der Waals surface area contributed by atoms with Crippen molar-refractivity contribution in [2.45, 2.75) is 59.2 Å². The fraction of sp³-hybridized carbons (Fsp3) is 0.364. The second kappa shape index (κ2) is 10.5. The third-order valence-corrected chi connectivity index (χ3v) is 8.49. The minimum Gasteiger partial charge on any atom is -0.444 e. The number of fused-ring (bicyclic) bond motifs is 2. The van der Waals surface area contributed by atoms with Gasteiger partial charge in [-0.2, -0.15) is 4.98 Å². The summed E-state index contributed by atoms with van der Waals surface area (Å²) in [7, 11) is 0. The van der Waals surface area contributed by atoms with Crippen molar-refractivity contribution in [2.75, 3.05) is 24.5 Å². The number of halogens is 1. The van der Waals surface area contributed by atoms with Crippen molar-refractivity contribution in [2.24, 2.45) is 0 Å². The standard InChI is InChI=1S/C33H36ClN6O3/c1-8-22-11-9-10-12-23(22)28-25(34)17-24-29(38-16-15-37(18-20(38)3)32(42)43-33(5,6)7)36-31(41)40-27-19(2)13-14-35-26(27)21(4)39(28)30(24)40/h8-14,17,20-21H,1,15-16,18H2,2-7H3/q+1/t20-,21?/m0/s1. The van der Waals surface area contributed by atoms with Gasteiger partial charge in [-0.3, -0.25) is 4.98 Å². The van der Waals surface area contributed by atoms with Crippen molar-refractivity contribution in [3.05, 3.63) is 81.5 Å². The maximum atomic E-state index is 14.1. The number of benzene rings is 1. The summed E-state index contributed by atoms with van der Waals surface area (Å²) >= 11 is 7.19. The molecule has 0 saturated carbocycles. The molecular formula is C33H36ClN6O3+. The van der Waals surface area contributed by atoms with Gasteiger partial charge in [-0.15, -0.1) is 4.57 Å². The molecule has 0 N–H and O–H groups in total. The minimum atomic E-state index is -0.584. The number of pyridine rings is 2. The SMILES string of the molecule is C=Cc1ccccc1-c1c(Cl)cc2c(N3CCN(C(=O)OC(C)(C)C)C[C@@H]3C)nc(=O)n3c2[n+]1C(C)c1nccc(C)c1-3. The number of hydrogen-bond donors (Lipinski definition) is 0. The highest BCUT2D eigenvalue weighted by molar-refractivity contribution is 6.33. The van der Waals surface area contributed by atoms with Gasteiger partial charge in [0.2, 0.25) is 0 Å². The molecule has 3 aromatic heterocycles. The number of anilines is 1. The van der Waals surface area contributed by atoms with E-state index >= 15 is 0 Å². The van der Waals surface area contributed by atoms with Crippen molar-refractivity contribution in [1.29, 1.82) is 0 Å². The molecule has 2 aliphatic rings. The van der Waals surface area contributed by atoms with Gasteiger partial charge in [-0.1, -0.05) is 48.5 Å². The Kier molecular flexibility index (Phi) is 7.04. The second-order valence-corrected chi connectivity index (χ2v) is 12.7. The Morgan fingerprint density at radius 3 is 2.63 bits per heavy atom. The fourth-order valence-electron chi connectivity index (χ4n) is 6.30. The molecule has 0 spiro atoms. The maximum absolute atomic E-state index is 14.1. The van der Waals surface area contributed by atoms with Crippen LogP contribution < -0.4 is 15.2 Å². The van der Waals surface area contributed by atoms with Crippen LogP contribution in [0.4, 0.5) is 10.6 Å². The van der Waals surface area contributed by atoms with Crippen LogP contribution in [-0.2, 0) is 4.74 Å². The zero-order chi connectivity index (χ0) is 30.8. The largest absolute Gasteiger partial charge is 0.444 e. The third kappa shape index (κ3) is 4.76. The van der Waals surface area contributed by atoms with Crippen molar-refractivity contribution >= 4 is 40.6 Å². The molecule has 2 aliphatic heterocycles. The monoisotopic (exact) mass is 599 g/mol. The third-order valence-electron chi connectivity index (χ3n) is 8.20. The Labute approximate surface area is 256 Å². The Morgan fingerprint density at radius 1 is 1.19 bits per heavy atom. The van der Waals surface area contributed by atoms with Crippen LogP contribution in [0.2, 0.25) is 5.02 Å². The van der Waals surface area contributed by atoms with Gasteiger partial charge in [0, 0.05) is 43.0 Å². The normalized spacial score (nSPS) is 18.0. The molecule has 4 aromatic rings. The van der Waals surface area contributed by atoms with Crippen molar-refractivity contribution in [3.8, 4) is 16.9 Å². The number of hydrogen-bond acceptors (Lipinski definition) is 6. The molecule has 9 nitrogen and oxygen atoms in total. The molecule has 43 heavy (non-hydrogen) atoms. The fourth-order valence-corrected chi connectivity index (χ4v) is 6.60. The van der Waals surface area contributed by atoms with E-state index < -0.39 is 11.3 Å². The molecule has 222 valence electrons. The van der Waals surface area contributed by atoms with E-state index in [1.165, 1.54) is 0 Å². The van der Waals surface area contributed by atoms with Crippen LogP contribution in [0.1, 0.15) is 57.5 Å². The molecule has 1 aromatic carbocycles. The van der Waals surface area contributed by atoms with Crippen LogP contribution in [0.15, 0.2) is 54.0 Å². The van der Waals surface area contributed by atoms with Gasteiger partial charge in [0.15, 0.2) is 17.2 Å². The Bertz CT molecular complexity index is 1860. The van der Waals surface area contributed by atoms with Gasteiger partial charge < -0.3 is 14.5 Å². The van der Waals surface area contributed by atoms with E-state index in [-0.39, 0.29) is 18.2 Å². The molecule has 5 heterocycles. The molecule has 6 rings (SSSR count). The minimum absolute atomic E-state index is 0.128. The maximum Gasteiger partial charge on any atom is 0.442 e. The highest BCUT2D eigenvalue weighted by Crippen LogP contribution is 2.39. The van der Waals surface area contributed by atoms with E-state index in [4.69, 9.17) is 21.3 Å². The lowest BCUT2D eigenvalue weighted by Gasteiger charge is -2.41. The number of nitrogens with zero attached hydrogens (tertiary/aromatic N) is 6. The zero-order valence-electron chi connectivity index (χ0n) is 25.4. The lowest BCUT2D eigenvalue weighted by Crippen LogP contribution is -2.56. The van der Waals surface area contributed by atoms with Crippen LogP contribution in [0.5, 0.6) is 0 Å². The van der Waals surface area contributed by atoms with Gasteiger partial charge in [0.05, 0.1) is 5.02 Å². The Hall–Kier alpha value is -4.24. The predicted molar refractivity (Wildman–Crippen MR) is 169 cm³/mol. The summed E-state index contributed by atoms with van der Waals surface area (Å²) in [6, 6.07) is 11.4. The van der Waals surface area contributed by atoms with E-state index in [1.807, 2.05) is 77.1 Å². The van der Waals surface area contributed by atoms with Crippen molar-refractivity contribution in [1.82, 2.24) is 19.4 Å². The second-order valence-electron chi connectivity index (χ2n) is 12.3. The first kappa shape index (κ1) is 28.9. The first-order valence-corrected chi connectivity index (χ1v) is 14.9. The molecular weight excluding hydrogens is 564 g/mol. The summed E-state index contributed by atoms with van der Waals surface area (Å²) in [4.78, 5) is 40.1. The predicted octanol–water partition coefficient (Wildman–Crippen LogP) is 5.71. The number of aryl methyl sites for hydroxylation is 1. The Balaban J connectivity index is 1.59. The summed E-state index contributed by atoms with van der Waals surface area (Å²) in [6.45, 7) is 17.0. The lowest BCUT2D eigenvalue weighted by molar-refractivity contribution is -0.679. The molecule has 1 fully saturated rings. The van der Waals surface area contributed by atoms with E-state index in [1.54, 1.807) is 15.7 Å². The van der Waals surface area contributed by atoms with E-state index in [2.05, 4.69) is 28.0 Å². The lowest BCUT2D eigenvalue weighted by atomic mass is 9.99. The van der Waals surface area contributed by atoms with E-state index in [9.17, 15) is 9.59 Å². The summed E-state index contributed by atoms with van der Waals surface area (Å²) < 4.78 is 9.41. The average molecular weight is 600 g/mol. The Morgan fingerprint density at radius 2 is 1.93 bits per heavy atom. The molecule has 1 amide bonds. The molecule has 10 heteroatoms. The van der Waals surface area contributed by atoms with Gasteiger partial charge in [0.25, 0.3) is 0 Å². The zero-order valence-corrected chi connectivity index (χ0v) is 26.1. The molecule has 1 saturated heterocycles. The molecule has 0 radical (unpaired) electrons. The quantitative estimate of drug-likeness (QED) is 0.281. The smallest absolute Gasteiger partial charge is 0.442 e. The number of ether oxygens (including phenoxy) is 1. The van der Waals surface area contributed by atoms with Crippen LogP contribution in [0, 0.1) is 6.92 Å². The summed E-state index contributed by atoms with van der Waals surface area (Å²) in [6.07, 6.45) is 3.24. The molecule has 1 unspecified atom stereocenters. The van der Waals surface area contributed by atoms with E-state index in [0.29, 0.717) is 36.1 Å². The van der Waals surface area contributed by atoms with Crippen molar-refractivity contribution < 1.29 is 14.1 Å². The van der Waals surface area contributed by atoms with Crippen molar-refractivity contribution in [3.63, 3.8) is 0 Å². The number of rotatable bonds is 3. The average Bonchev–Trinajstić information content (AvgIpc) is 2.95. The van der Waals surface area contributed by atoms with Gasteiger partial charge >= 0.3 is 17.4 Å².